The molecule has 0 N–H and O–H groups in total. The van der Waals surface area contributed by atoms with E-state index >= 15 is 0 Å². The van der Waals surface area contributed by atoms with Crippen LogP contribution in [0.15, 0.2) is 24.3 Å². The van der Waals surface area contributed by atoms with Gasteiger partial charge in [-0.2, -0.15) is 0 Å². The molecule has 0 bridgehead atoms. The maximum Gasteiger partial charge on any atom is 0.573 e. The van der Waals surface area contributed by atoms with Crippen LogP contribution in [0.5, 0.6) is 5.75 Å². The maximum absolute atomic E-state index is 12.2. The van der Waals surface area contributed by atoms with Crippen LogP contribution in [0.1, 0.15) is 66.3 Å². The molecular weight excluding hydrogens is 340 g/mol. The zero-order valence-corrected chi connectivity index (χ0v) is 16.9. The number of halogens is 3. The number of rotatable bonds is 7. The summed E-state index contributed by atoms with van der Waals surface area (Å²) in [6.07, 6.45) is -3.39. The third kappa shape index (κ3) is 10.5. The van der Waals surface area contributed by atoms with Crippen molar-refractivity contribution in [3.63, 3.8) is 0 Å². The highest BCUT2D eigenvalue weighted by Crippen LogP contribution is 2.29. The molecule has 26 heavy (non-hydrogen) atoms. The van der Waals surface area contributed by atoms with Crippen molar-refractivity contribution in [1.29, 1.82) is 0 Å². The van der Waals surface area contributed by atoms with Gasteiger partial charge in [0.05, 0.1) is 5.68 Å². The van der Waals surface area contributed by atoms with Crippen LogP contribution in [-0.2, 0) is 4.79 Å². The maximum atomic E-state index is 12.2. The molecule has 0 heterocycles. The van der Waals surface area contributed by atoms with Gasteiger partial charge in [-0.25, -0.2) is 0 Å². The molecule has 0 aliphatic rings. The Hall–Kier alpha value is -1.46. The van der Waals surface area contributed by atoms with Crippen molar-refractivity contribution in [3.05, 3.63) is 29.8 Å². The summed E-state index contributed by atoms with van der Waals surface area (Å²) in [6, 6.07) is 5.73. The molecule has 0 aromatic heterocycles. The van der Waals surface area contributed by atoms with Crippen LogP contribution >= 0.6 is 0 Å². The SMILES string of the molecule is CC(=O)[B]C(c1cccc(OC(F)(F)F)c1)C(C)C.CCC(C)C(C)C. The van der Waals surface area contributed by atoms with Crippen molar-refractivity contribution in [3.8, 4) is 5.75 Å². The average molecular weight is 371 g/mol. The second-order valence-corrected chi connectivity index (χ2v) is 7.30. The molecule has 1 radical (unpaired) electrons. The lowest BCUT2D eigenvalue weighted by Gasteiger charge is -2.20. The Morgan fingerprint density at radius 1 is 1.12 bits per heavy atom. The molecule has 0 saturated carbocycles. The number of hydrogen-bond acceptors (Lipinski definition) is 2. The molecule has 0 spiro atoms. The van der Waals surface area contributed by atoms with Crippen molar-refractivity contribution < 1.29 is 22.7 Å². The fourth-order valence-corrected chi connectivity index (χ4v) is 2.32. The van der Waals surface area contributed by atoms with Gasteiger partial charge in [-0.1, -0.05) is 60.1 Å². The summed E-state index contributed by atoms with van der Waals surface area (Å²) in [5.74, 6) is 1.37. The van der Waals surface area contributed by atoms with Crippen LogP contribution in [-0.4, -0.2) is 19.3 Å². The molecule has 1 aromatic carbocycles. The number of ether oxygens (including phenoxy) is 1. The molecule has 147 valence electrons. The third-order valence-electron chi connectivity index (χ3n) is 4.39. The van der Waals surface area contributed by atoms with Crippen molar-refractivity contribution in [2.24, 2.45) is 17.8 Å². The van der Waals surface area contributed by atoms with E-state index in [0.717, 1.165) is 11.8 Å². The Labute approximate surface area is 156 Å². The Bertz CT molecular complexity index is 542. The van der Waals surface area contributed by atoms with Crippen molar-refractivity contribution in [2.75, 3.05) is 0 Å². The Morgan fingerprint density at radius 3 is 2.04 bits per heavy atom. The number of alkyl halides is 3. The van der Waals surface area contributed by atoms with Gasteiger partial charge in [-0.3, -0.25) is 0 Å². The molecule has 0 aliphatic carbocycles. The molecule has 0 amide bonds. The monoisotopic (exact) mass is 371 g/mol. The zero-order chi connectivity index (χ0) is 20.5. The van der Waals surface area contributed by atoms with Crippen molar-refractivity contribution in [1.82, 2.24) is 0 Å². The normalized spacial score (nSPS) is 13.7. The lowest BCUT2D eigenvalue weighted by atomic mass is 9.55. The minimum Gasteiger partial charge on any atom is -0.406 e. The highest BCUT2D eigenvalue weighted by molar-refractivity contribution is 6.74. The first kappa shape index (κ1) is 24.5. The summed E-state index contributed by atoms with van der Waals surface area (Å²) in [7, 11) is 1.51. The topological polar surface area (TPSA) is 26.3 Å². The predicted molar refractivity (Wildman–Crippen MR) is 101 cm³/mol. The fourth-order valence-electron chi connectivity index (χ4n) is 2.32. The quantitative estimate of drug-likeness (QED) is 0.532. The first-order valence-corrected chi connectivity index (χ1v) is 9.08. The summed E-state index contributed by atoms with van der Waals surface area (Å²) >= 11 is 0. The summed E-state index contributed by atoms with van der Waals surface area (Å²) in [6.45, 7) is 14.3. The van der Waals surface area contributed by atoms with Gasteiger partial charge in [-0.05, 0) is 48.2 Å². The molecule has 2 unspecified atom stereocenters. The van der Waals surface area contributed by atoms with E-state index in [0.29, 0.717) is 5.56 Å². The van der Waals surface area contributed by atoms with Gasteiger partial charge in [-0.15, -0.1) is 13.2 Å². The van der Waals surface area contributed by atoms with Crippen LogP contribution in [0, 0.1) is 17.8 Å². The Morgan fingerprint density at radius 2 is 1.69 bits per heavy atom. The van der Waals surface area contributed by atoms with Crippen LogP contribution in [0.2, 0.25) is 0 Å². The number of carbonyl (C=O) groups is 1. The molecule has 1 rings (SSSR count). The van der Waals surface area contributed by atoms with Crippen LogP contribution in [0.3, 0.4) is 0 Å². The second kappa shape index (κ2) is 11.3. The van der Waals surface area contributed by atoms with Gasteiger partial charge in [0.25, 0.3) is 0 Å². The molecule has 2 atom stereocenters. The van der Waals surface area contributed by atoms with Gasteiger partial charge in [0.2, 0.25) is 7.28 Å². The summed E-state index contributed by atoms with van der Waals surface area (Å²) in [5.41, 5.74) is 0.521. The molecule has 1 aromatic rings. The van der Waals surface area contributed by atoms with Gasteiger partial charge < -0.3 is 9.53 Å². The lowest BCUT2D eigenvalue weighted by Crippen LogP contribution is -2.21. The first-order valence-electron chi connectivity index (χ1n) is 9.08. The smallest absolute Gasteiger partial charge is 0.406 e. The Balaban J connectivity index is 0.000000758. The minimum atomic E-state index is -4.71. The number of carbonyl (C=O) groups excluding carboxylic acids is 1. The summed E-state index contributed by atoms with van der Waals surface area (Å²) < 4.78 is 40.4. The Kier molecular flexibility index (Phi) is 10.7. The highest BCUT2D eigenvalue weighted by atomic mass is 19.4. The third-order valence-corrected chi connectivity index (χ3v) is 4.39. The van der Waals surface area contributed by atoms with Crippen LogP contribution in [0.4, 0.5) is 13.2 Å². The van der Waals surface area contributed by atoms with Gasteiger partial charge in [0.15, 0.2) is 0 Å². The van der Waals surface area contributed by atoms with Gasteiger partial charge >= 0.3 is 6.36 Å². The van der Waals surface area contributed by atoms with E-state index in [1.807, 2.05) is 13.8 Å². The van der Waals surface area contributed by atoms with E-state index in [2.05, 4.69) is 32.4 Å². The molecular formula is C20H31BF3O2. The molecule has 2 nitrogen and oxygen atoms in total. The minimum absolute atomic E-state index is 0.102. The van der Waals surface area contributed by atoms with E-state index in [4.69, 9.17) is 0 Å². The average Bonchev–Trinajstić information content (AvgIpc) is 2.50. The van der Waals surface area contributed by atoms with Crippen molar-refractivity contribution in [2.45, 2.75) is 67.1 Å². The highest BCUT2D eigenvalue weighted by Gasteiger charge is 2.31. The summed E-state index contributed by atoms with van der Waals surface area (Å²) in [5, 5.41) is 0. The second-order valence-electron chi connectivity index (χ2n) is 7.30. The predicted octanol–water partition coefficient (Wildman–Crippen LogP) is 6.22. The van der Waals surface area contributed by atoms with E-state index in [-0.39, 0.29) is 23.2 Å². The first-order chi connectivity index (χ1) is 11.9. The number of benzene rings is 1. The standard InChI is InChI=1S/C13H15BF3O2.C7H16/c1-8(2)12(14-9(3)18)10-5-4-6-11(7-10)19-13(15,16)17;1-5-7(4)6(2)3/h4-8,12H,1-3H3;6-7H,5H2,1-4H3. The van der Waals surface area contributed by atoms with Crippen molar-refractivity contribution >= 4 is 13.0 Å². The summed E-state index contributed by atoms with van der Waals surface area (Å²) in [4.78, 5) is 11.2. The van der Waals surface area contributed by atoms with E-state index in [9.17, 15) is 18.0 Å². The molecule has 6 heteroatoms. The number of hydrogen-bond donors (Lipinski definition) is 0. The van der Waals surface area contributed by atoms with Crippen LogP contribution < -0.4 is 4.74 Å². The van der Waals surface area contributed by atoms with Gasteiger partial charge in [0, 0.05) is 0 Å². The largest absolute Gasteiger partial charge is 0.573 e. The fraction of sp³-hybridized carbons (Fsp3) is 0.650. The molecule has 0 aliphatic heterocycles. The molecule has 0 fully saturated rings. The van der Waals surface area contributed by atoms with E-state index in [1.54, 1.807) is 6.07 Å². The van der Waals surface area contributed by atoms with Crippen LogP contribution in [0.25, 0.3) is 0 Å². The van der Waals surface area contributed by atoms with E-state index in [1.165, 1.54) is 38.8 Å². The lowest BCUT2D eigenvalue weighted by molar-refractivity contribution is -0.274. The van der Waals surface area contributed by atoms with Gasteiger partial charge in [0.1, 0.15) is 5.75 Å². The zero-order valence-electron chi connectivity index (χ0n) is 16.9. The van der Waals surface area contributed by atoms with E-state index < -0.39 is 6.36 Å². The molecule has 0 saturated heterocycles.